The number of nitrogens with one attached hydrogen (secondary N) is 1. The van der Waals surface area contributed by atoms with E-state index in [1.54, 1.807) is 66.7 Å². The van der Waals surface area contributed by atoms with Gasteiger partial charge in [-0.15, -0.1) is 0 Å². The van der Waals surface area contributed by atoms with Crippen molar-refractivity contribution in [3.63, 3.8) is 0 Å². The van der Waals surface area contributed by atoms with Gasteiger partial charge in [0.05, 0.1) is 25.0 Å². The van der Waals surface area contributed by atoms with Crippen molar-refractivity contribution in [2.75, 3.05) is 13.2 Å². The fraction of sp³-hybridized carbons (Fsp3) is 0.222. The van der Waals surface area contributed by atoms with E-state index in [1.807, 2.05) is 13.0 Å². The predicted molar refractivity (Wildman–Crippen MR) is 131 cm³/mol. The van der Waals surface area contributed by atoms with Crippen LogP contribution < -0.4 is 19.6 Å². The van der Waals surface area contributed by atoms with E-state index in [0.717, 1.165) is 18.6 Å². The maximum absolute atomic E-state index is 12.4. The maximum Gasteiger partial charge on any atom is 0.343 e. The number of carbonyl (C=O) groups excluding carboxylic acids is 2. The van der Waals surface area contributed by atoms with E-state index in [1.165, 1.54) is 6.21 Å². The van der Waals surface area contributed by atoms with Gasteiger partial charge in [0.1, 0.15) is 5.75 Å². The third kappa shape index (κ3) is 7.20. The summed E-state index contributed by atoms with van der Waals surface area (Å²) in [5.41, 5.74) is 4.09. The summed E-state index contributed by atoms with van der Waals surface area (Å²) in [6.45, 7) is 4.99. The minimum atomic E-state index is -0.475. The van der Waals surface area contributed by atoms with E-state index in [2.05, 4.69) is 17.5 Å². The summed E-state index contributed by atoms with van der Waals surface area (Å²) < 4.78 is 16.7. The molecule has 0 saturated heterocycles. The highest BCUT2D eigenvalue weighted by molar-refractivity contribution is 5.95. The van der Waals surface area contributed by atoms with Gasteiger partial charge in [-0.1, -0.05) is 31.5 Å². The second kappa shape index (κ2) is 12.8. The number of hydrogen-bond donors (Lipinski definition) is 1. The molecule has 0 aliphatic carbocycles. The van der Waals surface area contributed by atoms with Crippen LogP contribution in [0.3, 0.4) is 0 Å². The Bertz CT molecular complexity index is 1110. The van der Waals surface area contributed by atoms with E-state index >= 15 is 0 Å². The van der Waals surface area contributed by atoms with Gasteiger partial charge in [-0.2, -0.15) is 5.10 Å². The number of ether oxygens (including phenoxy) is 3. The second-order valence-corrected chi connectivity index (χ2v) is 7.32. The van der Waals surface area contributed by atoms with Gasteiger partial charge in [0.25, 0.3) is 5.91 Å². The molecule has 7 nitrogen and oxygen atoms in total. The zero-order valence-electron chi connectivity index (χ0n) is 19.3. The molecule has 3 rings (SSSR count). The van der Waals surface area contributed by atoms with Crippen molar-refractivity contribution < 1.29 is 23.8 Å². The topological polar surface area (TPSA) is 86.2 Å². The molecule has 0 aromatic heterocycles. The first-order valence-corrected chi connectivity index (χ1v) is 11.2. The van der Waals surface area contributed by atoms with Crippen LogP contribution >= 0.6 is 0 Å². The van der Waals surface area contributed by atoms with Gasteiger partial charge in [-0.3, -0.25) is 4.79 Å². The lowest BCUT2D eigenvalue weighted by Gasteiger charge is -2.11. The molecule has 0 atom stereocenters. The molecule has 0 bridgehead atoms. The predicted octanol–water partition coefficient (Wildman–Crippen LogP) is 5.25. The maximum atomic E-state index is 12.4. The monoisotopic (exact) mass is 460 g/mol. The van der Waals surface area contributed by atoms with Crippen LogP contribution in [0.1, 0.15) is 53.0 Å². The Labute approximate surface area is 199 Å². The number of hydrazone groups is 1. The molecule has 0 saturated carbocycles. The molecule has 0 fully saturated rings. The summed E-state index contributed by atoms with van der Waals surface area (Å²) >= 11 is 0. The van der Waals surface area contributed by atoms with Crippen LogP contribution in [0, 0.1) is 0 Å². The summed E-state index contributed by atoms with van der Waals surface area (Å²) in [6, 6.07) is 20.7. The summed E-state index contributed by atoms with van der Waals surface area (Å²) in [5, 5.41) is 4.02. The minimum Gasteiger partial charge on any atom is -0.494 e. The Morgan fingerprint density at radius 3 is 2.35 bits per heavy atom. The molecule has 7 heteroatoms. The largest absolute Gasteiger partial charge is 0.494 e. The van der Waals surface area contributed by atoms with Crippen LogP contribution in [-0.2, 0) is 0 Å². The third-order valence-corrected chi connectivity index (χ3v) is 4.74. The van der Waals surface area contributed by atoms with Gasteiger partial charge < -0.3 is 14.2 Å². The molecule has 3 aromatic carbocycles. The number of amides is 1. The molecule has 0 aliphatic heterocycles. The van der Waals surface area contributed by atoms with Crippen LogP contribution in [0.5, 0.6) is 17.2 Å². The Morgan fingerprint density at radius 2 is 1.65 bits per heavy atom. The Morgan fingerprint density at radius 1 is 0.882 bits per heavy atom. The van der Waals surface area contributed by atoms with Crippen LogP contribution in [0.25, 0.3) is 0 Å². The molecular formula is C27H28N2O5. The van der Waals surface area contributed by atoms with E-state index in [9.17, 15) is 9.59 Å². The van der Waals surface area contributed by atoms with Crippen molar-refractivity contribution in [1.29, 1.82) is 0 Å². The lowest BCUT2D eigenvalue weighted by atomic mass is 10.2. The molecular weight excluding hydrogens is 432 g/mol. The molecule has 0 radical (unpaired) electrons. The van der Waals surface area contributed by atoms with E-state index in [4.69, 9.17) is 14.2 Å². The molecule has 34 heavy (non-hydrogen) atoms. The van der Waals surface area contributed by atoms with E-state index in [-0.39, 0.29) is 5.91 Å². The highest BCUT2D eigenvalue weighted by atomic mass is 16.6. The van der Waals surface area contributed by atoms with Gasteiger partial charge in [0.15, 0.2) is 11.5 Å². The first-order valence-electron chi connectivity index (χ1n) is 11.2. The van der Waals surface area contributed by atoms with Crippen LogP contribution in [0.2, 0.25) is 0 Å². The van der Waals surface area contributed by atoms with Crippen LogP contribution in [0.4, 0.5) is 0 Å². The zero-order chi connectivity index (χ0) is 24.2. The first-order chi connectivity index (χ1) is 16.6. The number of unbranched alkanes of at least 4 members (excludes halogenated alkanes) is 1. The number of carbonyl (C=O) groups is 2. The number of benzene rings is 3. The van der Waals surface area contributed by atoms with Crippen molar-refractivity contribution >= 4 is 18.1 Å². The smallest absolute Gasteiger partial charge is 0.343 e. The van der Waals surface area contributed by atoms with Crippen LogP contribution in [-0.4, -0.2) is 31.3 Å². The van der Waals surface area contributed by atoms with Gasteiger partial charge in [0, 0.05) is 5.56 Å². The van der Waals surface area contributed by atoms with Crippen molar-refractivity contribution in [3.05, 3.63) is 89.5 Å². The molecule has 176 valence electrons. The molecule has 0 spiro atoms. The Balaban J connectivity index is 1.61. The highest BCUT2D eigenvalue weighted by Gasteiger charge is 2.13. The lowest BCUT2D eigenvalue weighted by molar-refractivity contribution is 0.0728. The average molecular weight is 461 g/mol. The SMILES string of the molecule is CCCCOc1ccc(C(=O)NN=Cc2ccc(OC(=O)c3ccccc3)c(OCC)c2)cc1. The second-order valence-electron chi connectivity index (χ2n) is 7.32. The van der Waals surface area contributed by atoms with Gasteiger partial charge in [0.2, 0.25) is 0 Å². The fourth-order valence-electron chi connectivity index (χ4n) is 2.96. The molecule has 0 heterocycles. The summed E-state index contributed by atoms with van der Waals surface area (Å²) in [7, 11) is 0. The Hall–Kier alpha value is -4.13. The molecule has 3 aromatic rings. The fourth-order valence-corrected chi connectivity index (χ4v) is 2.96. The van der Waals surface area contributed by atoms with Crippen molar-refractivity contribution in [2.24, 2.45) is 5.10 Å². The quantitative estimate of drug-likeness (QED) is 0.139. The van der Waals surface area contributed by atoms with Gasteiger partial charge in [-0.25, -0.2) is 10.2 Å². The summed E-state index contributed by atoms with van der Waals surface area (Å²) in [6.07, 6.45) is 3.54. The zero-order valence-corrected chi connectivity index (χ0v) is 19.3. The minimum absolute atomic E-state index is 0.304. The molecule has 1 amide bonds. The third-order valence-electron chi connectivity index (χ3n) is 4.74. The van der Waals surface area contributed by atoms with Crippen molar-refractivity contribution in [1.82, 2.24) is 5.43 Å². The van der Waals surface area contributed by atoms with Crippen molar-refractivity contribution in [2.45, 2.75) is 26.7 Å². The van der Waals surface area contributed by atoms with E-state index < -0.39 is 5.97 Å². The normalized spacial score (nSPS) is 10.6. The molecule has 0 unspecified atom stereocenters. The number of nitrogens with zero attached hydrogens (tertiary/aromatic N) is 1. The van der Waals surface area contributed by atoms with Crippen molar-refractivity contribution in [3.8, 4) is 17.2 Å². The average Bonchev–Trinajstić information content (AvgIpc) is 2.86. The number of esters is 1. The molecule has 1 N–H and O–H groups in total. The summed E-state index contributed by atoms with van der Waals surface area (Å²) in [5.74, 6) is 0.621. The summed E-state index contributed by atoms with van der Waals surface area (Å²) in [4.78, 5) is 24.7. The number of hydrogen-bond acceptors (Lipinski definition) is 6. The highest BCUT2D eigenvalue weighted by Crippen LogP contribution is 2.29. The van der Waals surface area contributed by atoms with Gasteiger partial charge >= 0.3 is 5.97 Å². The van der Waals surface area contributed by atoms with Crippen LogP contribution in [0.15, 0.2) is 77.9 Å². The van der Waals surface area contributed by atoms with Gasteiger partial charge in [-0.05, 0) is 73.5 Å². The number of rotatable bonds is 11. The molecule has 0 aliphatic rings. The Kier molecular flexibility index (Phi) is 9.22. The van der Waals surface area contributed by atoms with E-state index in [0.29, 0.717) is 41.4 Å². The lowest BCUT2D eigenvalue weighted by Crippen LogP contribution is -2.17. The first kappa shape index (κ1) is 24.5. The standard InChI is InChI=1S/C27H28N2O5/c1-3-5-17-33-23-14-12-21(13-15-23)26(30)29-28-19-20-11-16-24(25(18-20)32-4-2)34-27(31)22-9-7-6-8-10-22/h6-16,18-19H,3-5,17H2,1-2H3,(H,29,30).